The molecule has 0 radical (unpaired) electrons. The van der Waals surface area contributed by atoms with Crippen LogP contribution >= 0.6 is 0 Å². The molecule has 1 atom stereocenters. The smallest absolute Gasteiger partial charge is 0.325 e. The maximum atomic E-state index is 13.5. The van der Waals surface area contributed by atoms with Gasteiger partial charge in [-0.3, -0.25) is 9.59 Å². The molecule has 176 valence electrons. The van der Waals surface area contributed by atoms with E-state index in [1.807, 2.05) is 55.6 Å². The summed E-state index contributed by atoms with van der Waals surface area (Å²) in [6.45, 7) is 4.27. The normalized spacial score (nSPS) is 15.3. The third kappa shape index (κ3) is 4.93. The molecule has 0 saturated carbocycles. The van der Waals surface area contributed by atoms with Crippen LogP contribution in [0.4, 0.5) is 10.5 Å². The molecule has 1 N–H and O–H groups in total. The number of aromatic nitrogens is 2. The Balaban J connectivity index is 1.55. The molecule has 9 nitrogen and oxygen atoms in total. The maximum absolute atomic E-state index is 13.5. The van der Waals surface area contributed by atoms with Crippen LogP contribution in [0.1, 0.15) is 29.8 Å². The Kier molecular flexibility index (Phi) is 6.91. The van der Waals surface area contributed by atoms with Gasteiger partial charge in [-0.05, 0) is 55.8 Å². The SMILES string of the molecule is CCOC(=O)CNC(=O)N1Cc2ccccc2N(C(=O)c2ccc(-n3cccn3)cc2)C[C@H]1C. The zero-order valence-corrected chi connectivity index (χ0v) is 19.2. The zero-order chi connectivity index (χ0) is 24.1. The minimum atomic E-state index is -0.492. The van der Waals surface area contributed by atoms with Crippen LogP contribution in [-0.2, 0) is 16.1 Å². The highest BCUT2D eigenvalue weighted by atomic mass is 16.5. The molecule has 4 rings (SSSR count). The number of nitrogens with zero attached hydrogens (tertiary/aromatic N) is 4. The van der Waals surface area contributed by atoms with Gasteiger partial charge >= 0.3 is 12.0 Å². The summed E-state index contributed by atoms with van der Waals surface area (Å²) < 4.78 is 6.61. The Morgan fingerprint density at radius 3 is 2.56 bits per heavy atom. The summed E-state index contributed by atoms with van der Waals surface area (Å²) in [5.74, 6) is -0.644. The van der Waals surface area contributed by atoms with E-state index in [2.05, 4.69) is 10.4 Å². The number of fused-ring (bicyclic) bond motifs is 1. The van der Waals surface area contributed by atoms with Gasteiger partial charge in [0.05, 0.1) is 12.3 Å². The number of carbonyl (C=O) groups excluding carboxylic acids is 3. The van der Waals surface area contributed by atoms with E-state index in [-0.39, 0.29) is 31.1 Å². The maximum Gasteiger partial charge on any atom is 0.325 e. The topological polar surface area (TPSA) is 96.8 Å². The lowest BCUT2D eigenvalue weighted by molar-refractivity contribution is -0.141. The van der Waals surface area contributed by atoms with E-state index in [0.29, 0.717) is 18.7 Å². The number of para-hydroxylation sites is 1. The number of carbonyl (C=O) groups is 3. The molecule has 0 saturated heterocycles. The fourth-order valence-electron chi connectivity index (χ4n) is 3.97. The van der Waals surface area contributed by atoms with Crippen molar-refractivity contribution in [1.29, 1.82) is 0 Å². The quantitative estimate of drug-likeness (QED) is 0.589. The average molecular weight is 462 g/mol. The van der Waals surface area contributed by atoms with Gasteiger partial charge in [0.1, 0.15) is 6.54 Å². The summed E-state index contributed by atoms with van der Waals surface area (Å²) in [5, 5.41) is 6.83. The molecule has 1 aliphatic heterocycles. The van der Waals surface area contributed by atoms with Gasteiger partial charge in [0.2, 0.25) is 0 Å². The summed E-state index contributed by atoms with van der Waals surface area (Å²) in [5.41, 5.74) is 3.00. The van der Waals surface area contributed by atoms with Gasteiger partial charge in [0.25, 0.3) is 5.91 Å². The highest BCUT2D eigenvalue weighted by Crippen LogP contribution is 2.29. The van der Waals surface area contributed by atoms with E-state index in [1.54, 1.807) is 39.7 Å². The Bertz CT molecular complexity index is 1160. The first-order valence-corrected chi connectivity index (χ1v) is 11.2. The van der Waals surface area contributed by atoms with Crippen LogP contribution in [0.2, 0.25) is 0 Å². The van der Waals surface area contributed by atoms with Crippen molar-refractivity contribution < 1.29 is 19.1 Å². The molecule has 0 fully saturated rings. The Morgan fingerprint density at radius 1 is 1.09 bits per heavy atom. The third-order valence-electron chi connectivity index (χ3n) is 5.68. The van der Waals surface area contributed by atoms with Gasteiger partial charge in [-0.15, -0.1) is 0 Å². The molecule has 0 aliphatic carbocycles. The number of hydrogen-bond donors (Lipinski definition) is 1. The van der Waals surface area contributed by atoms with Crippen LogP contribution in [0, 0.1) is 0 Å². The summed E-state index contributed by atoms with van der Waals surface area (Å²) in [7, 11) is 0. The van der Waals surface area contributed by atoms with Gasteiger partial charge in [-0.25, -0.2) is 9.48 Å². The molecule has 2 heterocycles. The number of nitrogens with one attached hydrogen (secondary N) is 1. The van der Waals surface area contributed by atoms with Crippen molar-refractivity contribution in [1.82, 2.24) is 20.0 Å². The number of urea groups is 1. The van der Waals surface area contributed by atoms with Gasteiger partial charge in [0, 0.05) is 42.8 Å². The second kappa shape index (κ2) is 10.2. The zero-order valence-electron chi connectivity index (χ0n) is 19.2. The highest BCUT2D eigenvalue weighted by Gasteiger charge is 2.31. The first kappa shape index (κ1) is 23.0. The van der Waals surface area contributed by atoms with E-state index < -0.39 is 5.97 Å². The van der Waals surface area contributed by atoms with Crippen molar-refractivity contribution in [2.24, 2.45) is 0 Å². The molecule has 9 heteroatoms. The highest BCUT2D eigenvalue weighted by molar-refractivity contribution is 6.06. The van der Waals surface area contributed by atoms with E-state index in [4.69, 9.17) is 4.74 Å². The molecular formula is C25H27N5O4. The first-order chi connectivity index (χ1) is 16.5. The number of amides is 3. The molecular weight excluding hydrogens is 434 g/mol. The van der Waals surface area contributed by atoms with Crippen LogP contribution in [0.3, 0.4) is 0 Å². The largest absolute Gasteiger partial charge is 0.465 e. The fourth-order valence-corrected chi connectivity index (χ4v) is 3.97. The molecule has 0 unspecified atom stereocenters. The summed E-state index contributed by atoms with van der Waals surface area (Å²) in [4.78, 5) is 41.4. The fraction of sp³-hybridized carbons (Fsp3) is 0.280. The Morgan fingerprint density at radius 2 is 1.85 bits per heavy atom. The molecule has 3 amide bonds. The summed E-state index contributed by atoms with van der Waals surface area (Å²) in [6.07, 6.45) is 3.54. The average Bonchev–Trinajstić information content (AvgIpc) is 3.35. The lowest BCUT2D eigenvalue weighted by Gasteiger charge is -2.29. The second-order valence-corrected chi connectivity index (χ2v) is 7.98. The number of anilines is 1. The standard InChI is InChI=1S/C25H27N5O4/c1-3-34-23(31)15-26-25(33)28-17-20-7-4-5-8-22(20)29(16-18(28)2)24(32)19-9-11-21(12-10-19)30-14-6-13-27-30/h4-14,18H,3,15-17H2,1-2H3,(H,26,33)/t18-/m1/s1. The summed E-state index contributed by atoms with van der Waals surface area (Å²) in [6, 6.07) is 16.0. The molecule has 34 heavy (non-hydrogen) atoms. The van der Waals surface area contributed by atoms with E-state index >= 15 is 0 Å². The van der Waals surface area contributed by atoms with Crippen molar-refractivity contribution in [3.05, 3.63) is 78.1 Å². The first-order valence-electron chi connectivity index (χ1n) is 11.2. The van der Waals surface area contributed by atoms with E-state index in [9.17, 15) is 14.4 Å². The van der Waals surface area contributed by atoms with Crippen molar-refractivity contribution in [3.63, 3.8) is 0 Å². The predicted molar refractivity (Wildman–Crippen MR) is 127 cm³/mol. The predicted octanol–water partition coefficient (Wildman–Crippen LogP) is 3.00. The monoisotopic (exact) mass is 461 g/mol. The number of ether oxygens (including phenoxy) is 1. The number of esters is 1. The van der Waals surface area contributed by atoms with Crippen LogP contribution < -0.4 is 10.2 Å². The number of rotatable bonds is 5. The van der Waals surface area contributed by atoms with Crippen molar-refractivity contribution in [2.75, 3.05) is 24.6 Å². The van der Waals surface area contributed by atoms with E-state index in [1.165, 1.54) is 0 Å². The lowest BCUT2D eigenvalue weighted by atomic mass is 10.1. The van der Waals surface area contributed by atoms with Crippen LogP contribution in [0.5, 0.6) is 0 Å². The third-order valence-corrected chi connectivity index (χ3v) is 5.68. The van der Waals surface area contributed by atoms with Gasteiger partial charge in [0.15, 0.2) is 0 Å². The van der Waals surface area contributed by atoms with Gasteiger partial charge in [-0.2, -0.15) is 5.10 Å². The summed E-state index contributed by atoms with van der Waals surface area (Å²) >= 11 is 0. The molecule has 3 aromatic rings. The van der Waals surface area contributed by atoms with Crippen LogP contribution in [-0.4, -0.2) is 58.3 Å². The van der Waals surface area contributed by atoms with Gasteiger partial charge in [-0.1, -0.05) is 18.2 Å². The molecule has 1 aliphatic rings. The van der Waals surface area contributed by atoms with Gasteiger partial charge < -0.3 is 19.9 Å². The van der Waals surface area contributed by atoms with Crippen LogP contribution in [0.25, 0.3) is 5.69 Å². The minimum Gasteiger partial charge on any atom is -0.465 e. The molecule has 1 aromatic heterocycles. The molecule has 2 aromatic carbocycles. The van der Waals surface area contributed by atoms with Crippen molar-refractivity contribution >= 4 is 23.6 Å². The molecule has 0 bridgehead atoms. The lowest BCUT2D eigenvalue weighted by Crippen LogP contribution is -2.49. The minimum absolute atomic E-state index is 0.153. The Labute approximate surface area is 197 Å². The second-order valence-electron chi connectivity index (χ2n) is 7.98. The molecule has 0 spiro atoms. The van der Waals surface area contributed by atoms with Crippen molar-refractivity contribution in [3.8, 4) is 5.69 Å². The van der Waals surface area contributed by atoms with Crippen molar-refractivity contribution in [2.45, 2.75) is 26.4 Å². The number of benzene rings is 2. The van der Waals surface area contributed by atoms with E-state index in [0.717, 1.165) is 16.9 Å². The Hall–Kier alpha value is -4.14. The van der Waals surface area contributed by atoms with Crippen LogP contribution in [0.15, 0.2) is 67.0 Å². The number of hydrogen-bond acceptors (Lipinski definition) is 5.